The number of hydrogen-bond acceptors (Lipinski definition) is 3. The number of carbonyl (C=O) groups is 2. The molecule has 0 bridgehead atoms. The van der Waals surface area contributed by atoms with Gasteiger partial charge in [-0.1, -0.05) is 27.2 Å². The molecule has 1 heterocycles. The molecule has 2 N–H and O–H groups in total. The molecule has 1 atom stereocenters. The molecule has 18 heavy (non-hydrogen) atoms. The number of rotatable bonds is 4. The maximum atomic E-state index is 12.0. The summed E-state index contributed by atoms with van der Waals surface area (Å²) in [5.74, 6) is 0.211. The van der Waals surface area contributed by atoms with Crippen molar-refractivity contribution in [3.63, 3.8) is 0 Å². The molecule has 0 aromatic carbocycles. The fourth-order valence-corrected chi connectivity index (χ4v) is 2.18. The van der Waals surface area contributed by atoms with Crippen LogP contribution in [0.3, 0.4) is 0 Å². The first-order valence-corrected chi connectivity index (χ1v) is 6.80. The van der Waals surface area contributed by atoms with E-state index in [9.17, 15) is 9.59 Å². The number of carbonyl (C=O) groups excluding carboxylic acids is 2. The first-order valence-electron chi connectivity index (χ1n) is 6.80. The SMILES string of the molecule is CCC[C@@H](N)C(=O)N1CCN(C(=O)C(C)C)CC1. The van der Waals surface area contributed by atoms with Crippen molar-refractivity contribution < 1.29 is 9.59 Å². The monoisotopic (exact) mass is 255 g/mol. The van der Waals surface area contributed by atoms with E-state index in [1.807, 2.05) is 25.7 Å². The molecule has 0 spiro atoms. The summed E-state index contributed by atoms with van der Waals surface area (Å²) >= 11 is 0. The molecule has 1 aliphatic heterocycles. The van der Waals surface area contributed by atoms with Gasteiger partial charge in [-0.3, -0.25) is 9.59 Å². The Morgan fingerprint density at radius 2 is 1.50 bits per heavy atom. The summed E-state index contributed by atoms with van der Waals surface area (Å²) in [6.07, 6.45) is 1.64. The van der Waals surface area contributed by atoms with E-state index in [0.29, 0.717) is 26.2 Å². The normalized spacial score (nSPS) is 18.1. The molecule has 5 heteroatoms. The van der Waals surface area contributed by atoms with Crippen LogP contribution in [0.15, 0.2) is 0 Å². The van der Waals surface area contributed by atoms with Gasteiger partial charge in [0.05, 0.1) is 6.04 Å². The molecule has 0 aromatic rings. The molecule has 1 rings (SSSR count). The summed E-state index contributed by atoms with van der Waals surface area (Å²) in [7, 11) is 0. The quantitative estimate of drug-likeness (QED) is 0.792. The van der Waals surface area contributed by atoms with E-state index in [1.54, 1.807) is 4.90 Å². The summed E-state index contributed by atoms with van der Waals surface area (Å²) in [6, 6.07) is -0.387. The van der Waals surface area contributed by atoms with Crippen LogP contribution in [0.2, 0.25) is 0 Å². The molecule has 2 amide bonds. The molecule has 5 nitrogen and oxygen atoms in total. The van der Waals surface area contributed by atoms with Crippen molar-refractivity contribution in [1.29, 1.82) is 0 Å². The molecule has 0 unspecified atom stereocenters. The number of nitrogens with two attached hydrogens (primary N) is 1. The van der Waals surface area contributed by atoms with Crippen LogP contribution in [-0.4, -0.2) is 53.8 Å². The van der Waals surface area contributed by atoms with Gasteiger partial charge in [0.15, 0.2) is 0 Å². The lowest BCUT2D eigenvalue weighted by molar-refractivity contribution is -0.142. The van der Waals surface area contributed by atoms with Gasteiger partial charge < -0.3 is 15.5 Å². The van der Waals surface area contributed by atoms with Gasteiger partial charge in [0.25, 0.3) is 0 Å². The smallest absolute Gasteiger partial charge is 0.239 e. The molecule has 104 valence electrons. The molecule has 1 aliphatic rings. The zero-order valence-electron chi connectivity index (χ0n) is 11.7. The summed E-state index contributed by atoms with van der Waals surface area (Å²) in [5.41, 5.74) is 5.83. The fraction of sp³-hybridized carbons (Fsp3) is 0.846. The van der Waals surface area contributed by atoms with Gasteiger partial charge in [-0.05, 0) is 6.42 Å². The summed E-state index contributed by atoms with van der Waals surface area (Å²) in [6.45, 7) is 8.28. The average molecular weight is 255 g/mol. The average Bonchev–Trinajstić information content (AvgIpc) is 2.37. The van der Waals surface area contributed by atoms with Crippen molar-refractivity contribution in [2.45, 2.75) is 39.7 Å². The summed E-state index contributed by atoms with van der Waals surface area (Å²) in [4.78, 5) is 27.4. The Balaban J connectivity index is 2.44. The molecule has 0 radical (unpaired) electrons. The zero-order valence-corrected chi connectivity index (χ0v) is 11.7. The Kier molecular flexibility index (Phi) is 5.59. The number of amides is 2. The van der Waals surface area contributed by atoms with Gasteiger partial charge in [0, 0.05) is 32.1 Å². The topological polar surface area (TPSA) is 66.6 Å². The molecule has 0 aliphatic carbocycles. The molecule has 1 saturated heterocycles. The second kappa shape index (κ2) is 6.73. The lowest BCUT2D eigenvalue weighted by atomic mass is 10.1. The predicted molar refractivity (Wildman–Crippen MR) is 70.9 cm³/mol. The number of hydrogen-bond donors (Lipinski definition) is 1. The van der Waals surface area contributed by atoms with Crippen LogP contribution in [0.25, 0.3) is 0 Å². The number of piperazine rings is 1. The first kappa shape index (κ1) is 15.0. The van der Waals surface area contributed by atoms with Crippen LogP contribution in [0, 0.1) is 5.92 Å². The Morgan fingerprint density at radius 1 is 1.06 bits per heavy atom. The summed E-state index contributed by atoms with van der Waals surface area (Å²) in [5, 5.41) is 0. The van der Waals surface area contributed by atoms with E-state index in [0.717, 1.165) is 12.8 Å². The van der Waals surface area contributed by atoms with E-state index in [-0.39, 0.29) is 23.8 Å². The van der Waals surface area contributed by atoms with Gasteiger partial charge in [0.2, 0.25) is 11.8 Å². The van der Waals surface area contributed by atoms with Crippen LogP contribution in [0.4, 0.5) is 0 Å². The maximum Gasteiger partial charge on any atom is 0.239 e. The van der Waals surface area contributed by atoms with Crippen LogP contribution in [0.1, 0.15) is 33.6 Å². The van der Waals surface area contributed by atoms with Crippen LogP contribution in [0.5, 0.6) is 0 Å². The van der Waals surface area contributed by atoms with Gasteiger partial charge in [-0.2, -0.15) is 0 Å². The highest BCUT2D eigenvalue weighted by atomic mass is 16.2. The van der Waals surface area contributed by atoms with E-state index in [4.69, 9.17) is 5.73 Å². The maximum absolute atomic E-state index is 12.0. The molecular weight excluding hydrogens is 230 g/mol. The Bertz CT molecular complexity index is 297. The Morgan fingerprint density at radius 3 is 1.89 bits per heavy atom. The number of nitrogens with zero attached hydrogens (tertiary/aromatic N) is 2. The van der Waals surface area contributed by atoms with Crippen molar-refractivity contribution >= 4 is 11.8 Å². The van der Waals surface area contributed by atoms with Gasteiger partial charge in [-0.15, -0.1) is 0 Å². The van der Waals surface area contributed by atoms with Crippen LogP contribution in [-0.2, 0) is 9.59 Å². The highest BCUT2D eigenvalue weighted by molar-refractivity contribution is 5.82. The molecular formula is C13H25N3O2. The minimum absolute atomic E-state index is 0.0218. The van der Waals surface area contributed by atoms with Crippen molar-refractivity contribution in [3.8, 4) is 0 Å². The Hall–Kier alpha value is -1.10. The van der Waals surface area contributed by atoms with E-state index in [1.165, 1.54) is 0 Å². The highest BCUT2D eigenvalue weighted by Crippen LogP contribution is 2.09. The van der Waals surface area contributed by atoms with E-state index >= 15 is 0 Å². The van der Waals surface area contributed by atoms with Crippen molar-refractivity contribution in [2.24, 2.45) is 11.7 Å². The van der Waals surface area contributed by atoms with Gasteiger partial charge >= 0.3 is 0 Å². The zero-order chi connectivity index (χ0) is 13.7. The minimum atomic E-state index is -0.387. The second-order valence-corrected chi connectivity index (χ2v) is 5.20. The second-order valence-electron chi connectivity index (χ2n) is 5.20. The predicted octanol–water partition coefficient (Wildman–Crippen LogP) is 0.441. The standard InChI is InChI=1S/C13H25N3O2/c1-4-5-11(14)13(18)16-8-6-15(7-9-16)12(17)10(2)3/h10-11H,4-9,14H2,1-3H3/t11-/m1/s1. The largest absolute Gasteiger partial charge is 0.339 e. The lowest BCUT2D eigenvalue weighted by Gasteiger charge is -2.36. The Labute approximate surface area is 109 Å². The molecule has 0 saturated carbocycles. The third kappa shape index (κ3) is 3.70. The van der Waals surface area contributed by atoms with Crippen LogP contribution >= 0.6 is 0 Å². The fourth-order valence-electron chi connectivity index (χ4n) is 2.18. The van der Waals surface area contributed by atoms with E-state index < -0.39 is 0 Å². The third-order valence-corrected chi connectivity index (χ3v) is 3.31. The van der Waals surface area contributed by atoms with Crippen molar-refractivity contribution in [1.82, 2.24) is 9.80 Å². The molecule has 1 fully saturated rings. The van der Waals surface area contributed by atoms with E-state index in [2.05, 4.69) is 0 Å². The summed E-state index contributed by atoms with van der Waals surface area (Å²) < 4.78 is 0. The van der Waals surface area contributed by atoms with Crippen molar-refractivity contribution in [3.05, 3.63) is 0 Å². The van der Waals surface area contributed by atoms with Gasteiger partial charge in [-0.25, -0.2) is 0 Å². The first-order chi connectivity index (χ1) is 8.47. The molecule has 0 aromatic heterocycles. The van der Waals surface area contributed by atoms with Crippen molar-refractivity contribution in [2.75, 3.05) is 26.2 Å². The van der Waals surface area contributed by atoms with Gasteiger partial charge in [0.1, 0.15) is 0 Å². The minimum Gasteiger partial charge on any atom is -0.339 e. The third-order valence-electron chi connectivity index (χ3n) is 3.31. The lowest BCUT2D eigenvalue weighted by Crippen LogP contribution is -2.54. The highest BCUT2D eigenvalue weighted by Gasteiger charge is 2.27. The van der Waals surface area contributed by atoms with Crippen LogP contribution < -0.4 is 5.73 Å².